The number of nitrogens with one attached hydrogen (secondary N) is 1. The van der Waals surface area contributed by atoms with Crippen molar-refractivity contribution in [2.45, 2.75) is 44.3 Å². The highest BCUT2D eigenvalue weighted by Crippen LogP contribution is 2.38. The van der Waals surface area contributed by atoms with Gasteiger partial charge in [-0.3, -0.25) is 9.69 Å². The lowest BCUT2D eigenvalue weighted by Gasteiger charge is -2.38. The lowest BCUT2D eigenvalue weighted by atomic mass is 9.73. The van der Waals surface area contributed by atoms with Crippen LogP contribution in [0.2, 0.25) is 5.02 Å². The fraction of sp³-hybridized carbons (Fsp3) is 0.650. The molecule has 11 heteroatoms. The van der Waals surface area contributed by atoms with E-state index in [4.69, 9.17) is 11.6 Å². The predicted octanol–water partition coefficient (Wildman–Crippen LogP) is 3.33. The first kappa shape index (κ1) is 22.1. The number of anilines is 1. The molecular formula is C20H25ClF3N5O2. The van der Waals surface area contributed by atoms with Crippen molar-refractivity contribution in [1.29, 1.82) is 0 Å². The summed E-state index contributed by atoms with van der Waals surface area (Å²) in [5.41, 5.74) is -1.67. The quantitative estimate of drug-likeness (QED) is 0.702. The Hall–Kier alpha value is -2.07. The summed E-state index contributed by atoms with van der Waals surface area (Å²) in [6.07, 6.45) is -0.144. The van der Waals surface area contributed by atoms with Crippen LogP contribution >= 0.6 is 11.6 Å². The summed E-state index contributed by atoms with van der Waals surface area (Å²) in [6, 6.07) is 0.530. The number of alkyl halides is 3. The van der Waals surface area contributed by atoms with E-state index >= 15 is 0 Å². The Balaban J connectivity index is 1.38. The molecule has 0 unspecified atom stereocenters. The average molecular weight is 460 g/mol. The number of rotatable bonds is 3. The van der Waals surface area contributed by atoms with Crippen molar-refractivity contribution >= 4 is 29.4 Å². The Morgan fingerprint density at radius 1 is 1.23 bits per heavy atom. The number of pyridine rings is 1. The Labute approximate surface area is 183 Å². The fourth-order valence-electron chi connectivity index (χ4n) is 4.74. The molecule has 1 spiro atoms. The molecule has 1 aromatic heterocycles. The van der Waals surface area contributed by atoms with Gasteiger partial charge in [-0.25, -0.2) is 14.7 Å². The van der Waals surface area contributed by atoms with E-state index in [-0.39, 0.29) is 29.5 Å². The molecule has 31 heavy (non-hydrogen) atoms. The van der Waals surface area contributed by atoms with E-state index in [1.165, 1.54) is 4.90 Å². The molecule has 3 amide bonds. The number of carbonyl (C=O) groups is 2. The van der Waals surface area contributed by atoms with Crippen LogP contribution in [-0.2, 0) is 11.0 Å². The molecule has 0 aromatic carbocycles. The van der Waals surface area contributed by atoms with Crippen molar-refractivity contribution < 1.29 is 22.8 Å². The van der Waals surface area contributed by atoms with E-state index in [0.29, 0.717) is 38.4 Å². The summed E-state index contributed by atoms with van der Waals surface area (Å²) in [7, 11) is 0. The van der Waals surface area contributed by atoms with Crippen molar-refractivity contribution in [3.05, 3.63) is 22.8 Å². The van der Waals surface area contributed by atoms with Crippen LogP contribution in [0.4, 0.5) is 23.8 Å². The second-order valence-electron chi connectivity index (χ2n) is 8.56. The molecule has 1 aromatic rings. The van der Waals surface area contributed by atoms with Gasteiger partial charge in [0.2, 0.25) is 0 Å². The number of aromatic nitrogens is 1. The van der Waals surface area contributed by atoms with Gasteiger partial charge in [0.1, 0.15) is 11.4 Å². The first-order chi connectivity index (χ1) is 14.6. The Morgan fingerprint density at radius 3 is 2.55 bits per heavy atom. The van der Waals surface area contributed by atoms with E-state index < -0.39 is 17.3 Å². The summed E-state index contributed by atoms with van der Waals surface area (Å²) in [4.78, 5) is 34.7. The van der Waals surface area contributed by atoms with E-state index in [9.17, 15) is 22.8 Å². The van der Waals surface area contributed by atoms with Crippen molar-refractivity contribution in [3.8, 4) is 0 Å². The zero-order valence-electron chi connectivity index (χ0n) is 17.2. The third-order valence-corrected chi connectivity index (χ3v) is 6.94. The smallest absolute Gasteiger partial charge is 0.353 e. The molecule has 3 heterocycles. The molecule has 2 atom stereocenters. The predicted molar refractivity (Wildman–Crippen MR) is 109 cm³/mol. The molecule has 7 nitrogen and oxygen atoms in total. The highest BCUT2D eigenvalue weighted by Gasteiger charge is 2.55. The SMILES string of the molecule is C[C@H]1CCCC[C@@]12NC(=O)N(CN1CCN(c3ncc(C(F)(F)F)cc3Cl)CC1)C2=O. The van der Waals surface area contributed by atoms with Gasteiger partial charge in [0.05, 0.1) is 17.3 Å². The topological polar surface area (TPSA) is 68.8 Å². The number of urea groups is 1. The summed E-state index contributed by atoms with van der Waals surface area (Å²) in [5.74, 6) is 0.256. The van der Waals surface area contributed by atoms with Crippen molar-refractivity contribution in [2.75, 3.05) is 37.7 Å². The zero-order valence-corrected chi connectivity index (χ0v) is 18.0. The molecule has 3 aliphatic rings. The van der Waals surface area contributed by atoms with Gasteiger partial charge in [0, 0.05) is 32.4 Å². The number of halogens is 4. The average Bonchev–Trinajstić information content (AvgIpc) is 2.95. The van der Waals surface area contributed by atoms with Crippen molar-refractivity contribution in [3.63, 3.8) is 0 Å². The molecule has 1 saturated carbocycles. The summed E-state index contributed by atoms with van der Waals surface area (Å²) in [6.45, 7) is 4.21. The first-order valence-electron chi connectivity index (χ1n) is 10.5. The maximum atomic E-state index is 13.1. The van der Waals surface area contributed by atoms with Gasteiger partial charge >= 0.3 is 12.2 Å². The van der Waals surface area contributed by atoms with Crippen LogP contribution in [0.5, 0.6) is 0 Å². The third kappa shape index (κ3) is 4.07. The molecule has 0 radical (unpaired) electrons. The second kappa shape index (κ2) is 8.12. The molecular weight excluding hydrogens is 435 g/mol. The summed E-state index contributed by atoms with van der Waals surface area (Å²) >= 11 is 6.05. The minimum absolute atomic E-state index is 0.0504. The van der Waals surface area contributed by atoms with Crippen LogP contribution < -0.4 is 10.2 Å². The monoisotopic (exact) mass is 459 g/mol. The van der Waals surface area contributed by atoms with Crippen LogP contribution in [-0.4, -0.2) is 65.1 Å². The molecule has 0 bridgehead atoms. The van der Waals surface area contributed by atoms with Gasteiger partial charge in [-0.1, -0.05) is 31.4 Å². The van der Waals surface area contributed by atoms with Crippen molar-refractivity contribution in [1.82, 2.24) is 20.1 Å². The van der Waals surface area contributed by atoms with Crippen LogP contribution in [0.3, 0.4) is 0 Å². The van der Waals surface area contributed by atoms with Gasteiger partial charge in [0.15, 0.2) is 0 Å². The number of carbonyl (C=O) groups excluding carboxylic acids is 2. The second-order valence-corrected chi connectivity index (χ2v) is 8.96. The van der Waals surface area contributed by atoms with Crippen LogP contribution in [0.1, 0.15) is 38.2 Å². The summed E-state index contributed by atoms with van der Waals surface area (Å²) < 4.78 is 38.5. The maximum Gasteiger partial charge on any atom is 0.417 e. The number of imide groups is 1. The number of piperazine rings is 1. The fourth-order valence-corrected chi connectivity index (χ4v) is 5.03. The Morgan fingerprint density at radius 2 is 1.94 bits per heavy atom. The molecule has 4 rings (SSSR count). The third-order valence-electron chi connectivity index (χ3n) is 6.66. The number of nitrogens with zero attached hydrogens (tertiary/aromatic N) is 4. The molecule has 1 N–H and O–H groups in total. The van der Waals surface area contributed by atoms with Gasteiger partial charge in [0.25, 0.3) is 5.91 Å². The largest absolute Gasteiger partial charge is 0.417 e. The maximum absolute atomic E-state index is 13.1. The van der Waals surface area contributed by atoms with Crippen LogP contribution in [0, 0.1) is 5.92 Å². The van der Waals surface area contributed by atoms with Gasteiger partial charge in [-0.2, -0.15) is 13.2 Å². The van der Waals surface area contributed by atoms with E-state index in [2.05, 4.69) is 10.3 Å². The number of hydrogen-bond donors (Lipinski definition) is 1. The van der Waals surface area contributed by atoms with Crippen molar-refractivity contribution in [2.24, 2.45) is 5.92 Å². The van der Waals surface area contributed by atoms with Crippen LogP contribution in [0.25, 0.3) is 0 Å². The molecule has 3 fully saturated rings. The van der Waals surface area contributed by atoms with E-state index in [1.54, 1.807) is 0 Å². The molecule has 170 valence electrons. The molecule has 1 aliphatic carbocycles. The molecule has 2 saturated heterocycles. The van der Waals surface area contributed by atoms with Gasteiger partial charge < -0.3 is 10.2 Å². The minimum atomic E-state index is -4.50. The van der Waals surface area contributed by atoms with Crippen LogP contribution in [0.15, 0.2) is 12.3 Å². The van der Waals surface area contributed by atoms with Gasteiger partial charge in [-0.15, -0.1) is 0 Å². The van der Waals surface area contributed by atoms with E-state index in [1.807, 2.05) is 16.7 Å². The normalized spacial score (nSPS) is 27.8. The Bertz CT molecular complexity index is 875. The Kier molecular flexibility index (Phi) is 5.80. The first-order valence-corrected chi connectivity index (χ1v) is 10.8. The lowest BCUT2D eigenvalue weighted by Crippen LogP contribution is -2.55. The highest BCUT2D eigenvalue weighted by atomic mass is 35.5. The summed E-state index contributed by atoms with van der Waals surface area (Å²) in [5, 5.41) is 2.90. The number of hydrogen-bond acceptors (Lipinski definition) is 5. The highest BCUT2D eigenvalue weighted by molar-refractivity contribution is 6.33. The van der Waals surface area contributed by atoms with Gasteiger partial charge in [-0.05, 0) is 24.8 Å². The van der Waals surface area contributed by atoms with E-state index in [0.717, 1.165) is 31.5 Å². The lowest BCUT2D eigenvalue weighted by molar-refractivity contribution is -0.138. The molecule has 2 aliphatic heterocycles. The zero-order chi connectivity index (χ0) is 22.4. The number of amides is 3. The standard InChI is InChI=1S/C20H25ClF3N5O2/c1-13-4-2-3-5-19(13)17(30)29(18(31)26-19)12-27-6-8-28(9-7-27)16-15(21)10-14(11-25-16)20(22,23)24/h10-11,13H,2-9,12H2,1H3,(H,26,31)/t13-,19+/m0/s1. The minimum Gasteiger partial charge on any atom is -0.353 e.